The number of carboxylic acid groups (broad SMARTS) is 1. The summed E-state index contributed by atoms with van der Waals surface area (Å²) in [6.45, 7) is 3.17. The molecule has 2 N–H and O–H groups in total. The van der Waals surface area contributed by atoms with Crippen LogP contribution in [0.15, 0.2) is 18.2 Å². The van der Waals surface area contributed by atoms with Crippen molar-refractivity contribution in [3.05, 3.63) is 23.2 Å². The maximum atomic E-state index is 12.2. The van der Waals surface area contributed by atoms with Crippen LogP contribution < -0.4 is 10.1 Å². The van der Waals surface area contributed by atoms with Crippen molar-refractivity contribution in [1.82, 2.24) is 4.90 Å². The molecule has 2 rings (SSSR count). The summed E-state index contributed by atoms with van der Waals surface area (Å²) in [6.07, 6.45) is 1.32. The summed E-state index contributed by atoms with van der Waals surface area (Å²) in [4.78, 5) is 24.7. The van der Waals surface area contributed by atoms with E-state index in [0.717, 1.165) is 6.42 Å². The fourth-order valence-electron chi connectivity index (χ4n) is 2.28. The summed E-state index contributed by atoms with van der Waals surface area (Å²) in [7, 11) is 0. The number of aliphatic carboxylic acids is 1. The van der Waals surface area contributed by atoms with Gasteiger partial charge in [0.05, 0.1) is 18.2 Å². The Morgan fingerprint density at radius 2 is 2.27 bits per heavy atom. The number of carboxylic acids is 1. The lowest BCUT2D eigenvalue weighted by atomic mass is 10.1. The zero-order chi connectivity index (χ0) is 16.1. The molecule has 1 aromatic carbocycles. The lowest BCUT2D eigenvalue weighted by Crippen LogP contribution is -2.33. The van der Waals surface area contributed by atoms with Gasteiger partial charge in [-0.25, -0.2) is 4.79 Å². The van der Waals surface area contributed by atoms with Crippen molar-refractivity contribution in [3.8, 4) is 5.75 Å². The summed E-state index contributed by atoms with van der Waals surface area (Å²) >= 11 is 5.96. The molecule has 0 aromatic heterocycles. The number of rotatable bonds is 5. The topological polar surface area (TPSA) is 78.9 Å². The third-order valence-corrected chi connectivity index (χ3v) is 3.70. The molecule has 0 radical (unpaired) electrons. The molecule has 6 nitrogen and oxygen atoms in total. The Kier molecular flexibility index (Phi) is 5.49. The zero-order valence-electron chi connectivity index (χ0n) is 12.3. The summed E-state index contributed by atoms with van der Waals surface area (Å²) in [5, 5.41) is 12.2. The molecule has 0 spiro atoms. The highest BCUT2D eigenvalue weighted by atomic mass is 35.5. The SMILES string of the molecule is CCCOc1ccc(Cl)cc1NC(=O)N1CCC(C(=O)O)C1. The van der Waals surface area contributed by atoms with Gasteiger partial charge in [-0.1, -0.05) is 18.5 Å². The standard InChI is InChI=1S/C15H19ClN2O4/c1-2-7-22-13-4-3-11(16)8-12(13)17-15(21)18-6-5-10(9-18)14(19)20/h3-4,8,10H,2,5-7,9H2,1H3,(H,17,21)(H,19,20). The Morgan fingerprint density at radius 3 is 2.91 bits per heavy atom. The van der Waals surface area contributed by atoms with Gasteiger partial charge in [-0.3, -0.25) is 4.79 Å². The van der Waals surface area contributed by atoms with E-state index in [1.807, 2.05) is 6.92 Å². The molecule has 2 amide bonds. The number of halogens is 1. The highest BCUT2D eigenvalue weighted by molar-refractivity contribution is 6.31. The van der Waals surface area contributed by atoms with Crippen LogP contribution in [0.1, 0.15) is 19.8 Å². The van der Waals surface area contributed by atoms with E-state index >= 15 is 0 Å². The number of urea groups is 1. The molecule has 1 saturated heterocycles. The van der Waals surface area contributed by atoms with E-state index in [4.69, 9.17) is 21.4 Å². The second kappa shape index (κ2) is 7.35. The van der Waals surface area contributed by atoms with Crippen molar-refractivity contribution in [3.63, 3.8) is 0 Å². The third-order valence-electron chi connectivity index (χ3n) is 3.47. The van der Waals surface area contributed by atoms with Crippen molar-refractivity contribution in [1.29, 1.82) is 0 Å². The van der Waals surface area contributed by atoms with Gasteiger partial charge in [-0.05, 0) is 31.0 Å². The van der Waals surface area contributed by atoms with Crippen LogP contribution >= 0.6 is 11.6 Å². The minimum Gasteiger partial charge on any atom is -0.491 e. The Morgan fingerprint density at radius 1 is 1.50 bits per heavy atom. The first kappa shape index (κ1) is 16.4. The number of hydrogen-bond acceptors (Lipinski definition) is 3. The number of nitrogens with one attached hydrogen (secondary N) is 1. The van der Waals surface area contributed by atoms with Crippen LogP contribution in [0.4, 0.5) is 10.5 Å². The Hall–Kier alpha value is -1.95. The Bertz CT molecular complexity index is 564. The monoisotopic (exact) mass is 326 g/mol. The zero-order valence-corrected chi connectivity index (χ0v) is 13.1. The number of anilines is 1. The van der Waals surface area contributed by atoms with Crippen molar-refractivity contribution in [2.75, 3.05) is 25.0 Å². The number of hydrogen-bond donors (Lipinski definition) is 2. The average Bonchev–Trinajstić information content (AvgIpc) is 2.96. The van der Waals surface area contributed by atoms with E-state index in [2.05, 4.69) is 5.32 Å². The van der Waals surface area contributed by atoms with E-state index in [9.17, 15) is 9.59 Å². The number of carbonyl (C=O) groups excluding carboxylic acids is 1. The Labute approximate surface area is 134 Å². The van der Waals surface area contributed by atoms with E-state index < -0.39 is 11.9 Å². The van der Waals surface area contributed by atoms with Gasteiger partial charge in [-0.15, -0.1) is 0 Å². The van der Waals surface area contributed by atoms with Crippen molar-refractivity contribution in [2.45, 2.75) is 19.8 Å². The molecule has 0 saturated carbocycles. The quantitative estimate of drug-likeness (QED) is 0.871. The van der Waals surface area contributed by atoms with Gasteiger partial charge >= 0.3 is 12.0 Å². The first-order chi connectivity index (χ1) is 10.5. The maximum Gasteiger partial charge on any atom is 0.321 e. The fourth-order valence-corrected chi connectivity index (χ4v) is 2.45. The van der Waals surface area contributed by atoms with Gasteiger partial charge in [0.1, 0.15) is 5.75 Å². The highest BCUT2D eigenvalue weighted by Crippen LogP contribution is 2.29. The lowest BCUT2D eigenvalue weighted by molar-refractivity contribution is -0.141. The van der Waals surface area contributed by atoms with Gasteiger partial charge in [0.25, 0.3) is 0 Å². The van der Waals surface area contributed by atoms with Gasteiger partial charge in [0.2, 0.25) is 0 Å². The number of nitrogens with zero attached hydrogens (tertiary/aromatic N) is 1. The largest absolute Gasteiger partial charge is 0.491 e. The summed E-state index contributed by atoms with van der Waals surface area (Å²) < 4.78 is 5.58. The molecule has 120 valence electrons. The van der Waals surface area contributed by atoms with E-state index in [-0.39, 0.29) is 12.6 Å². The predicted molar refractivity (Wildman–Crippen MR) is 83.6 cm³/mol. The molecule has 1 aliphatic rings. The lowest BCUT2D eigenvalue weighted by Gasteiger charge is -2.18. The summed E-state index contributed by atoms with van der Waals surface area (Å²) in [6, 6.07) is 4.68. The first-order valence-corrected chi connectivity index (χ1v) is 7.60. The summed E-state index contributed by atoms with van der Waals surface area (Å²) in [5.74, 6) is -0.820. The van der Waals surface area contributed by atoms with E-state index in [1.54, 1.807) is 18.2 Å². The van der Waals surface area contributed by atoms with E-state index in [1.165, 1.54) is 4.90 Å². The van der Waals surface area contributed by atoms with Gasteiger partial charge in [0, 0.05) is 18.1 Å². The number of likely N-dealkylation sites (tertiary alicyclic amines) is 1. The Balaban J connectivity index is 2.05. The molecular weight excluding hydrogens is 308 g/mol. The van der Waals surface area contributed by atoms with Crippen LogP contribution in [0.2, 0.25) is 5.02 Å². The van der Waals surface area contributed by atoms with Crippen LogP contribution in [0, 0.1) is 5.92 Å². The predicted octanol–water partition coefficient (Wildman–Crippen LogP) is 3.07. The average molecular weight is 327 g/mol. The minimum absolute atomic E-state index is 0.215. The molecule has 1 aliphatic heterocycles. The molecule has 22 heavy (non-hydrogen) atoms. The molecule has 0 aliphatic carbocycles. The molecule has 1 aromatic rings. The smallest absolute Gasteiger partial charge is 0.321 e. The van der Waals surface area contributed by atoms with Crippen molar-refractivity contribution >= 4 is 29.3 Å². The molecule has 7 heteroatoms. The fraction of sp³-hybridized carbons (Fsp3) is 0.467. The highest BCUT2D eigenvalue weighted by Gasteiger charge is 2.31. The number of benzene rings is 1. The molecule has 1 atom stereocenters. The third kappa shape index (κ3) is 4.04. The molecule has 1 heterocycles. The molecule has 1 unspecified atom stereocenters. The maximum absolute atomic E-state index is 12.2. The van der Waals surface area contributed by atoms with Crippen LogP contribution in [0.3, 0.4) is 0 Å². The van der Waals surface area contributed by atoms with Crippen LogP contribution in [-0.2, 0) is 4.79 Å². The molecule has 0 bridgehead atoms. The van der Waals surface area contributed by atoms with Crippen LogP contribution in [0.25, 0.3) is 0 Å². The number of carbonyl (C=O) groups is 2. The van der Waals surface area contributed by atoms with Crippen LogP contribution in [-0.4, -0.2) is 41.7 Å². The van der Waals surface area contributed by atoms with Crippen molar-refractivity contribution < 1.29 is 19.4 Å². The molecule has 1 fully saturated rings. The van der Waals surface area contributed by atoms with Gasteiger partial charge in [-0.2, -0.15) is 0 Å². The number of amides is 2. The molecular formula is C15H19ClN2O4. The van der Waals surface area contributed by atoms with Crippen molar-refractivity contribution in [2.24, 2.45) is 5.92 Å². The van der Waals surface area contributed by atoms with Gasteiger partial charge < -0.3 is 20.1 Å². The second-order valence-corrected chi connectivity index (χ2v) is 5.63. The van der Waals surface area contributed by atoms with Crippen LogP contribution in [0.5, 0.6) is 5.75 Å². The van der Waals surface area contributed by atoms with Gasteiger partial charge in [0.15, 0.2) is 0 Å². The second-order valence-electron chi connectivity index (χ2n) is 5.19. The summed E-state index contributed by atoms with van der Waals surface area (Å²) in [5.41, 5.74) is 0.490. The first-order valence-electron chi connectivity index (χ1n) is 7.22. The van der Waals surface area contributed by atoms with E-state index in [0.29, 0.717) is 36.0 Å². The number of ether oxygens (including phenoxy) is 1. The minimum atomic E-state index is -0.870. The normalized spacial score (nSPS) is 17.4.